The van der Waals surface area contributed by atoms with E-state index in [2.05, 4.69) is 13.8 Å². The highest BCUT2D eigenvalue weighted by atomic mass is 35.5. The van der Waals surface area contributed by atoms with Crippen LogP contribution in [0.4, 0.5) is 0 Å². The predicted octanol–water partition coefficient (Wildman–Crippen LogP) is 4.40. The van der Waals surface area contributed by atoms with Gasteiger partial charge in [0, 0.05) is 10.9 Å². The van der Waals surface area contributed by atoms with Crippen LogP contribution in [0.25, 0.3) is 0 Å². The topological polar surface area (TPSA) is 9.23 Å². The zero-order chi connectivity index (χ0) is 12.1. The molecule has 0 bridgehead atoms. The van der Waals surface area contributed by atoms with Gasteiger partial charge in [0.1, 0.15) is 5.75 Å². The van der Waals surface area contributed by atoms with E-state index in [0.29, 0.717) is 17.7 Å². The van der Waals surface area contributed by atoms with Crippen LogP contribution >= 0.6 is 23.2 Å². The van der Waals surface area contributed by atoms with Crippen LogP contribution in [-0.4, -0.2) is 13.0 Å². The van der Waals surface area contributed by atoms with Gasteiger partial charge in [-0.25, -0.2) is 0 Å². The summed E-state index contributed by atoms with van der Waals surface area (Å²) in [6, 6.07) is 5.71. The lowest BCUT2D eigenvalue weighted by atomic mass is 9.90. The molecule has 1 nitrogen and oxygen atoms in total. The molecule has 0 amide bonds. The maximum atomic E-state index is 5.99. The highest BCUT2D eigenvalue weighted by Crippen LogP contribution is 2.27. The van der Waals surface area contributed by atoms with Crippen molar-refractivity contribution >= 4 is 23.2 Å². The monoisotopic (exact) mass is 260 g/mol. The Kier molecular flexibility index (Phi) is 5.43. The highest BCUT2D eigenvalue weighted by molar-refractivity contribution is 6.30. The molecule has 1 unspecified atom stereocenters. The van der Waals surface area contributed by atoms with Gasteiger partial charge in [-0.15, -0.1) is 11.6 Å². The van der Waals surface area contributed by atoms with Gasteiger partial charge >= 0.3 is 0 Å². The molecule has 0 saturated heterocycles. The van der Waals surface area contributed by atoms with Crippen molar-refractivity contribution in [2.75, 3.05) is 13.0 Å². The summed E-state index contributed by atoms with van der Waals surface area (Å²) in [6.07, 6.45) is 0.908. The largest absolute Gasteiger partial charge is 0.496 e. The van der Waals surface area contributed by atoms with E-state index in [-0.39, 0.29) is 0 Å². The minimum atomic E-state index is 0.453. The Morgan fingerprint density at radius 3 is 2.50 bits per heavy atom. The van der Waals surface area contributed by atoms with Gasteiger partial charge in [0.15, 0.2) is 0 Å². The van der Waals surface area contributed by atoms with Crippen LogP contribution < -0.4 is 4.74 Å². The van der Waals surface area contributed by atoms with Gasteiger partial charge in [0.25, 0.3) is 0 Å². The fourth-order valence-corrected chi connectivity index (χ4v) is 2.32. The van der Waals surface area contributed by atoms with Crippen molar-refractivity contribution in [1.82, 2.24) is 0 Å². The first-order valence-corrected chi connectivity index (χ1v) is 6.38. The zero-order valence-electron chi connectivity index (χ0n) is 9.97. The number of halogens is 2. The van der Waals surface area contributed by atoms with Crippen molar-refractivity contribution in [2.45, 2.75) is 20.3 Å². The van der Waals surface area contributed by atoms with Crippen LogP contribution in [0.5, 0.6) is 5.75 Å². The molecule has 0 N–H and O–H groups in total. The number of alkyl halides is 1. The molecule has 1 aromatic rings. The molecule has 0 heterocycles. The van der Waals surface area contributed by atoms with E-state index in [9.17, 15) is 0 Å². The predicted molar refractivity (Wildman–Crippen MR) is 70.8 cm³/mol. The molecule has 0 spiro atoms. The lowest BCUT2D eigenvalue weighted by Gasteiger charge is -2.19. The summed E-state index contributed by atoms with van der Waals surface area (Å²) in [7, 11) is 1.68. The number of rotatable bonds is 5. The third-order valence-corrected chi connectivity index (χ3v) is 3.50. The fraction of sp³-hybridized carbons (Fsp3) is 0.538. The summed E-state index contributed by atoms with van der Waals surface area (Å²) in [6.45, 7) is 4.37. The average molecular weight is 261 g/mol. The second-order valence-corrected chi connectivity index (χ2v) is 5.06. The van der Waals surface area contributed by atoms with Gasteiger partial charge in [-0.2, -0.15) is 0 Å². The molecule has 0 aliphatic carbocycles. The maximum absolute atomic E-state index is 5.99. The van der Waals surface area contributed by atoms with Crippen LogP contribution in [-0.2, 0) is 6.42 Å². The van der Waals surface area contributed by atoms with Crippen molar-refractivity contribution in [3.05, 3.63) is 28.8 Å². The fourth-order valence-electron chi connectivity index (χ4n) is 1.66. The Morgan fingerprint density at radius 1 is 1.31 bits per heavy atom. The smallest absolute Gasteiger partial charge is 0.122 e. The lowest BCUT2D eigenvalue weighted by Crippen LogP contribution is -2.14. The third kappa shape index (κ3) is 3.57. The number of hydrogen-bond acceptors (Lipinski definition) is 1. The van der Waals surface area contributed by atoms with Crippen molar-refractivity contribution in [2.24, 2.45) is 11.8 Å². The van der Waals surface area contributed by atoms with Gasteiger partial charge in [0.05, 0.1) is 7.11 Å². The number of hydrogen-bond donors (Lipinski definition) is 0. The van der Waals surface area contributed by atoms with E-state index < -0.39 is 0 Å². The molecule has 0 saturated carbocycles. The van der Waals surface area contributed by atoms with E-state index in [4.69, 9.17) is 27.9 Å². The second-order valence-electron chi connectivity index (χ2n) is 4.32. The molecular weight excluding hydrogens is 243 g/mol. The van der Waals surface area contributed by atoms with Crippen LogP contribution in [0, 0.1) is 11.8 Å². The molecule has 0 radical (unpaired) electrons. The Bertz CT molecular complexity index is 337. The van der Waals surface area contributed by atoms with Crippen molar-refractivity contribution in [3.63, 3.8) is 0 Å². The van der Waals surface area contributed by atoms with Gasteiger partial charge in [-0.3, -0.25) is 0 Å². The summed E-state index contributed by atoms with van der Waals surface area (Å²) in [5, 5.41) is 0.743. The van der Waals surface area contributed by atoms with Gasteiger partial charge in [0.2, 0.25) is 0 Å². The summed E-state index contributed by atoms with van der Waals surface area (Å²) in [4.78, 5) is 0. The first kappa shape index (κ1) is 13.7. The van der Waals surface area contributed by atoms with Crippen LogP contribution in [0.2, 0.25) is 5.02 Å². The summed E-state index contributed by atoms with van der Waals surface area (Å²) in [5.74, 6) is 2.56. The summed E-state index contributed by atoms with van der Waals surface area (Å²) < 4.78 is 5.32. The molecule has 0 aromatic heterocycles. The van der Waals surface area contributed by atoms with Gasteiger partial charge < -0.3 is 4.74 Å². The normalized spacial score (nSPS) is 12.9. The van der Waals surface area contributed by atoms with Gasteiger partial charge in [-0.05, 0) is 42.0 Å². The summed E-state index contributed by atoms with van der Waals surface area (Å²) in [5.41, 5.74) is 1.13. The average Bonchev–Trinajstić information content (AvgIpc) is 2.25. The van der Waals surface area contributed by atoms with Crippen LogP contribution in [0.1, 0.15) is 19.4 Å². The second kappa shape index (κ2) is 6.36. The lowest BCUT2D eigenvalue weighted by molar-refractivity contribution is 0.388. The highest BCUT2D eigenvalue weighted by Gasteiger charge is 2.15. The van der Waals surface area contributed by atoms with E-state index in [0.717, 1.165) is 22.8 Å². The van der Waals surface area contributed by atoms with Crippen LogP contribution in [0.3, 0.4) is 0 Å². The molecule has 1 rings (SSSR count). The van der Waals surface area contributed by atoms with E-state index in [1.54, 1.807) is 7.11 Å². The molecule has 0 aliphatic rings. The number of methoxy groups -OCH3 is 1. The Labute approximate surface area is 108 Å². The molecule has 90 valence electrons. The molecule has 0 fully saturated rings. The molecule has 0 aliphatic heterocycles. The van der Waals surface area contributed by atoms with Crippen LogP contribution in [0.15, 0.2) is 18.2 Å². The van der Waals surface area contributed by atoms with E-state index in [1.165, 1.54) is 0 Å². The van der Waals surface area contributed by atoms with Crippen molar-refractivity contribution in [3.8, 4) is 5.75 Å². The van der Waals surface area contributed by atoms with E-state index >= 15 is 0 Å². The van der Waals surface area contributed by atoms with Gasteiger partial charge in [-0.1, -0.05) is 25.4 Å². The molecule has 1 aromatic carbocycles. The van der Waals surface area contributed by atoms with Crippen molar-refractivity contribution in [1.29, 1.82) is 0 Å². The maximum Gasteiger partial charge on any atom is 0.122 e. The number of ether oxygens (including phenoxy) is 1. The summed E-state index contributed by atoms with van der Waals surface area (Å²) >= 11 is 12.0. The SMILES string of the molecule is COc1ccc(Cl)cc1CC(CCl)C(C)C. The molecule has 3 heteroatoms. The number of benzene rings is 1. The first-order valence-electron chi connectivity index (χ1n) is 5.46. The first-order chi connectivity index (χ1) is 7.58. The Morgan fingerprint density at radius 2 is 2.00 bits per heavy atom. The van der Waals surface area contributed by atoms with Crippen molar-refractivity contribution < 1.29 is 4.74 Å². The minimum Gasteiger partial charge on any atom is -0.496 e. The Balaban J connectivity index is 2.89. The minimum absolute atomic E-state index is 0.453. The third-order valence-electron chi connectivity index (χ3n) is 2.87. The zero-order valence-corrected chi connectivity index (χ0v) is 11.5. The standard InChI is InChI=1S/C13H18Cl2O/c1-9(2)11(8-14)6-10-7-12(15)4-5-13(10)16-3/h4-5,7,9,11H,6,8H2,1-3H3. The Hall–Kier alpha value is -0.400. The molecule has 1 atom stereocenters. The molecular formula is C13H18Cl2O. The molecule has 16 heavy (non-hydrogen) atoms. The van der Waals surface area contributed by atoms with E-state index in [1.807, 2.05) is 18.2 Å². The quantitative estimate of drug-likeness (QED) is 0.714.